The van der Waals surface area contributed by atoms with Crippen LogP contribution in [0.2, 0.25) is 0 Å². The molecule has 0 aliphatic heterocycles. The molecule has 5 heteroatoms. The van der Waals surface area contributed by atoms with E-state index in [1.54, 1.807) is 6.07 Å². The summed E-state index contributed by atoms with van der Waals surface area (Å²) in [6.45, 7) is 8.08. The Balaban J connectivity index is 2.58. The number of hydrogen-bond donors (Lipinski definition) is 2. The normalized spacial score (nSPS) is 10.7. The smallest absolute Gasteiger partial charge is 0.253 e. The average Bonchev–Trinajstić information content (AvgIpc) is 2.46. The van der Waals surface area contributed by atoms with E-state index in [2.05, 4.69) is 24.1 Å². The molecule has 0 aliphatic rings. The van der Waals surface area contributed by atoms with Crippen molar-refractivity contribution in [2.24, 2.45) is 0 Å². The summed E-state index contributed by atoms with van der Waals surface area (Å²) < 4.78 is 0. The van der Waals surface area contributed by atoms with Crippen molar-refractivity contribution in [2.45, 2.75) is 20.3 Å². The summed E-state index contributed by atoms with van der Waals surface area (Å²) in [5.74, 6) is -0.0643. The van der Waals surface area contributed by atoms with Gasteiger partial charge in [0.25, 0.3) is 5.91 Å². The number of amides is 1. The Morgan fingerprint density at radius 2 is 1.90 bits per heavy atom. The molecule has 0 saturated carbocycles. The van der Waals surface area contributed by atoms with Gasteiger partial charge in [-0.2, -0.15) is 0 Å². The monoisotopic (exact) mass is 292 g/mol. The van der Waals surface area contributed by atoms with Crippen molar-refractivity contribution in [3.63, 3.8) is 0 Å². The molecular formula is C16H28N4O. The van der Waals surface area contributed by atoms with Gasteiger partial charge in [0, 0.05) is 32.0 Å². The fourth-order valence-corrected chi connectivity index (χ4v) is 2.27. The van der Waals surface area contributed by atoms with Crippen molar-refractivity contribution in [1.82, 2.24) is 10.2 Å². The Labute approximate surface area is 128 Å². The fraction of sp³-hybridized carbons (Fsp3) is 0.562. The van der Waals surface area contributed by atoms with Crippen molar-refractivity contribution >= 4 is 17.3 Å². The molecule has 118 valence electrons. The summed E-state index contributed by atoms with van der Waals surface area (Å²) in [6.07, 6.45) is 0.951. The number of nitrogens with two attached hydrogens (primary N) is 1. The van der Waals surface area contributed by atoms with Crippen LogP contribution in [0.4, 0.5) is 11.4 Å². The molecule has 0 unspecified atom stereocenters. The first-order valence-corrected chi connectivity index (χ1v) is 7.57. The molecule has 0 heterocycles. The van der Waals surface area contributed by atoms with Crippen LogP contribution in [-0.4, -0.2) is 51.1 Å². The zero-order valence-corrected chi connectivity index (χ0v) is 13.6. The summed E-state index contributed by atoms with van der Waals surface area (Å²) in [5, 5.41) is 2.98. The van der Waals surface area contributed by atoms with Gasteiger partial charge in [0.05, 0.1) is 5.56 Å². The quantitative estimate of drug-likeness (QED) is 0.566. The first kappa shape index (κ1) is 17.3. The molecular weight excluding hydrogens is 264 g/mol. The summed E-state index contributed by atoms with van der Waals surface area (Å²) in [6, 6.07) is 5.42. The van der Waals surface area contributed by atoms with E-state index in [-0.39, 0.29) is 5.91 Å². The molecule has 3 N–H and O–H groups in total. The molecule has 0 fully saturated rings. The number of rotatable bonds is 8. The molecule has 1 rings (SSSR count). The largest absolute Gasteiger partial charge is 0.399 e. The van der Waals surface area contributed by atoms with Gasteiger partial charge >= 0.3 is 0 Å². The van der Waals surface area contributed by atoms with Crippen LogP contribution in [0.15, 0.2) is 18.2 Å². The summed E-state index contributed by atoms with van der Waals surface area (Å²) in [5.41, 5.74) is 7.90. The molecule has 1 aromatic rings. The molecule has 0 atom stereocenters. The number of carbonyl (C=O) groups excluding carboxylic acids is 1. The summed E-state index contributed by atoms with van der Waals surface area (Å²) in [7, 11) is 3.84. The number of hydrogen-bond acceptors (Lipinski definition) is 4. The third-order valence-electron chi connectivity index (χ3n) is 3.58. The summed E-state index contributed by atoms with van der Waals surface area (Å²) in [4.78, 5) is 16.6. The highest BCUT2D eigenvalue weighted by atomic mass is 16.1. The standard InChI is InChI=1S/C16H28N4O/c1-5-20(6-2)11-7-10-18-16(21)14-12-13(17)8-9-15(14)19(3)4/h8-9,12H,5-7,10-11,17H2,1-4H3,(H,18,21). The highest BCUT2D eigenvalue weighted by Gasteiger charge is 2.13. The van der Waals surface area contributed by atoms with Crippen molar-refractivity contribution in [3.8, 4) is 0 Å². The van der Waals surface area contributed by atoms with Crippen LogP contribution in [-0.2, 0) is 0 Å². The Bertz CT molecular complexity index is 456. The van der Waals surface area contributed by atoms with E-state index in [0.717, 1.165) is 31.7 Å². The van der Waals surface area contributed by atoms with Crippen LogP contribution in [0.5, 0.6) is 0 Å². The van der Waals surface area contributed by atoms with Crippen molar-refractivity contribution in [1.29, 1.82) is 0 Å². The third kappa shape index (κ3) is 5.27. The number of nitrogens with zero attached hydrogens (tertiary/aromatic N) is 2. The van der Waals surface area contributed by atoms with Crippen LogP contribution < -0.4 is 16.0 Å². The van der Waals surface area contributed by atoms with Gasteiger partial charge in [0.2, 0.25) is 0 Å². The van der Waals surface area contributed by atoms with Crippen LogP contribution in [0.25, 0.3) is 0 Å². The first-order valence-electron chi connectivity index (χ1n) is 7.57. The Kier molecular flexibility index (Phi) is 7.02. The minimum atomic E-state index is -0.0643. The lowest BCUT2D eigenvalue weighted by Crippen LogP contribution is -2.30. The van der Waals surface area contributed by atoms with Gasteiger partial charge in [-0.25, -0.2) is 0 Å². The van der Waals surface area contributed by atoms with E-state index in [9.17, 15) is 4.79 Å². The van der Waals surface area contributed by atoms with E-state index >= 15 is 0 Å². The van der Waals surface area contributed by atoms with Crippen molar-refractivity contribution in [3.05, 3.63) is 23.8 Å². The predicted octanol–water partition coefficient (Wildman–Crippen LogP) is 1.80. The molecule has 5 nitrogen and oxygen atoms in total. The molecule has 0 spiro atoms. The SMILES string of the molecule is CCN(CC)CCCNC(=O)c1cc(N)ccc1N(C)C. The van der Waals surface area contributed by atoms with E-state index < -0.39 is 0 Å². The maximum absolute atomic E-state index is 12.3. The van der Waals surface area contributed by atoms with Gasteiger partial charge in [-0.3, -0.25) is 4.79 Å². The lowest BCUT2D eigenvalue weighted by Gasteiger charge is -2.19. The summed E-state index contributed by atoms with van der Waals surface area (Å²) >= 11 is 0. The molecule has 0 radical (unpaired) electrons. The van der Waals surface area contributed by atoms with Crippen LogP contribution in [0, 0.1) is 0 Å². The van der Waals surface area contributed by atoms with Crippen LogP contribution >= 0.6 is 0 Å². The maximum atomic E-state index is 12.3. The number of carbonyl (C=O) groups is 1. The molecule has 1 amide bonds. The molecule has 0 aliphatic carbocycles. The van der Waals surface area contributed by atoms with Gasteiger partial charge in [0.1, 0.15) is 0 Å². The maximum Gasteiger partial charge on any atom is 0.253 e. The average molecular weight is 292 g/mol. The van der Waals surface area contributed by atoms with Crippen LogP contribution in [0.1, 0.15) is 30.6 Å². The zero-order chi connectivity index (χ0) is 15.8. The number of anilines is 2. The minimum absolute atomic E-state index is 0.0643. The zero-order valence-electron chi connectivity index (χ0n) is 13.6. The van der Waals surface area contributed by atoms with Gasteiger partial charge < -0.3 is 20.9 Å². The van der Waals surface area contributed by atoms with Crippen molar-refractivity contribution < 1.29 is 4.79 Å². The second-order valence-corrected chi connectivity index (χ2v) is 5.31. The van der Waals surface area contributed by atoms with E-state index in [1.165, 1.54) is 0 Å². The van der Waals surface area contributed by atoms with E-state index in [0.29, 0.717) is 17.8 Å². The van der Waals surface area contributed by atoms with E-state index in [4.69, 9.17) is 5.73 Å². The number of nitrogens with one attached hydrogen (secondary N) is 1. The van der Waals surface area contributed by atoms with Gasteiger partial charge in [-0.1, -0.05) is 13.8 Å². The second kappa shape index (κ2) is 8.52. The highest BCUT2D eigenvalue weighted by Crippen LogP contribution is 2.21. The number of benzene rings is 1. The lowest BCUT2D eigenvalue weighted by molar-refractivity contribution is 0.0952. The van der Waals surface area contributed by atoms with Crippen LogP contribution in [0.3, 0.4) is 0 Å². The topological polar surface area (TPSA) is 61.6 Å². The van der Waals surface area contributed by atoms with Gasteiger partial charge in [-0.15, -0.1) is 0 Å². The molecule has 1 aromatic carbocycles. The fourth-order valence-electron chi connectivity index (χ4n) is 2.27. The Morgan fingerprint density at radius 1 is 1.24 bits per heavy atom. The molecule has 21 heavy (non-hydrogen) atoms. The Hall–Kier alpha value is -1.75. The van der Waals surface area contributed by atoms with Crippen molar-refractivity contribution in [2.75, 3.05) is 50.9 Å². The highest BCUT2D eigenvalue weighted by molar-refractivity contribution is 6.00. The minimum Gasteiger partial charge on any atom is -0.399 e. The third-order valence-corrected chi connectivity index (χ3v) is 3.58. The van der Waals surface area contributed by atoms with Gasteiger partial charge in [0.15, 0.2) is 0 Å². The lowest BCUT2D eigenvalue weighted by atomic mass is 10.1. The molecule has 0 bridgehead atoms. The predicted molar refractivity (Wildman–Crippen MR) is 89.9 cm³/mol. The van der Waals surface area contributed by atoms with Gasteiger partial charge in [-0.05, 0) is 44.3 Å². The number of nitrogen functional groups attached to an aromatic ring is 1. The first-order chi connectivity index (χ1) is 9.99. The Morgan fingerprint density at radius 3 is 2.48 bits per heavy atom. The molecule has 0 aromatic heterocycles. The molecule has 0 saturated heterocycles. The second-order valence-electron chi connectivity index (χ2n) is 5.31. The van der Waals surface area contributed by atoms with E-state index in [1.807, 2.05) is 31.1 Å².